The van der Waals surface area contributed by atoms with E-state index in [2.05, 4.69) is 13.8 Å². The van der Waals surface area contributed by atoms with Crippen molar-refractivity contribution in [3.63, 3.8) is 0 Å². The van der Waals surface area contributed by atoms with Crippen LogP contribution >= 0.6 is 0 Å². The Labute approximate surface area is 210 Å². The van der Waals surface area contributed by atoms with Crippen molar-refractivity contribution in [3.05, 3.63) is 34.4 Å². The van der Waals surface area contributed by atoms with E-state index < -0.39 is 33.8 Å². The van der Waals surface area contributed by atoms with E-state index >= 15 is 0 Å². The highest BCUT2D eigenvalue weighted by atomic mass is 32.3. The first-order valence-corrected chi connectivity index (χ1v) is 14.3. The van der Waals surface area contributed by atoms with Gasteiger partial charge in [0.05, 0.1) is 12.4 Å². The van der Waals surface area contributed by atoms with Crippen molar-refractivity contribution in [2.24, 2.45) is 28.6 Å². The zero-order valence-electron chi connectivity index (χ0n) is 20.8. The fraction of sp³-hybridized carbons (Fsp3) is 0.769. The summed E-state index contributed by atoms with van der Waals surface area (Å²) in [5, 5.41) is 0. The van der Waals surface area contributed by atoms with E-state index in [-0.39, 0.29) is 28.8 Å². The van der Waals surface area contributed by atoms with E-state index in [4.69, 9.17) is 18.1 Å². The predicted octanol–water partition coefficient (Wildman–Crippen LogP) is 3.63. The molecule has 1 aromatic heterocycles. The lowest BCUT2D eigenvalue weighted by atomic mass is 9.44. The summed E-state index contributed by atoms with van der Waals surface area (Å²) < 4.78 is 54.5. The van der Waals surface area contributed by atoms with Gasteiger partial charge >= 0.3 is 22.0 Å². The maximum absolute atomic E-state index is 12.1. The topological polar surface area (TPSA) is 133 Å². The van der Waals surface area contributed by atoms with Crippen LogP contribution in [0.3, 0.4) is 0 Å². The number of epoxide rings is 1. The van der Waals surface area contributed by atoms with E-state index in [1.54, 1.807) is 6.07 Å². The molecule has 4 aliphatic carbocycles. The molecule has 10 heteroatoms. The standard InChI is InChI=1S/C26H34O9S/c1-14(27)33-22-21(15-4-7-20(28)32-13-15)25(3)11-9-18-19(26(25)23(22)34-26)6-5-16-12-17(35-36(29,30)31)8-10-24(16,18)2/h4,7,13,16-19,21-23H,5-6,8-12H2,1-3H3,(H,29,30,31). The molecule has 9 nitrogen and oxygen atoms in total. The Morgan fingerprint density at radius 1 is 1.11 bits per heavy atom. The highest BCUT2D eigenvalue weighted by molar-refractivity contribution is 7.80. The van der Waals surface area contributed by atoms with Gasteiger partial charge in [-0.05, 0) is 79.7 Å². The van der Waals surface area contributed by atoms with Crippen LogP contribution in [-0.4, -0.2) is 42.9 Å². The maximum atomic E-state index is 12.1. The van der Waals surface area contributed by atoms with Crippen LogP contribution in [-0.2, 0) is 28.9 Å². The largest absolute Gasteiger partial charge is 0.459 e. The summed E-state index contributed by atoms with van der Waals surface area (Å²) in [5.74, 6) is 0.517. The van der Waals surface area contributed by atoms with Gasteiger partial charge in [0, 0.05) is 24.3 Å². The van der Waals surface area contributed by atoms with E-state index in [0.717, 1.165) is 37.7 Å². The summed E-state index contributed by atoms with van der Waals surface area (Å²) in [6.45, 7) is 5.99. The van der Waals surface area contributed by atoms with Gasteiger partial charge in [-0.25, -0.2) is 8.98 Å². The summed E-state index contributed by atoms with van der Waals surface area (Å²) >= 11 is 0. The van der Waals surface area contributed by atoms with E-state index in [9.17, 15) is 22.6 Å². The zero-order chi connectivity index (χ0) is 25.7. The van der Waals surface area contributed by atoms with Crippen LogP contribution in [0.25, 0.3) is 0 Å². The molecule has 0 aromatic carbocycles. The molecule has 0 radical (unpaired) electrons. The third-order valence-electron chi connectivity index (χ3n) is 10.7. The third-order valence-corrected chi connectivity index (χ3v) is 11.2. The minimum Gasteiger partial charge on any atom is -0.459 e. The molecule has 1 spiro atoms. The molecule has 0 amide bonds. The first kappa shape index (κ1) is 24.6. The Morgan fingerprint density at radius 3 is 2.56 bits per heavy atom. The molecule has 10 unspecified atom stereocenters. The molecule has 36 heavy (non-hydrogen) atoms. The van der Waals surface area contributed by atoms with Gasteiger partial charge in [0.15, 0.2) is 0 Å². The van der Waals surface area contributed by atoms with Crippen molar-refractivity contribution in [2.75, 3.05) is 0 Å². The number of rotatable bonds is 4. The fourth-order valence-corrected chi connectivity index (χ4v) is 9.86. The molecule has 10 atom stereocenters. The van der Waals surface area contributed by atoms with Crippen LogP contribution in [0.5, 0.6) is 0 Å². The second kappa shape index (κ2) is 7.88. The molecule has 0 bridgehead atoms. The van der Waals surface area contributed by atoms with Crippen molar-refractivity contribution in [3.8, 4) is 0 Å². The molecule has 6 rings (SSSR count). The van der Waals surface area contributed by atoms with Gasteiger partial charge in [0.1, 0.15) is 17.8 Å². The molecular weight excluding hydrogens is 488 g/mol. The summed E-state index contributed by atoms with van der Waals surface area (Å²) in [6, 6.07) is 3.21. The summed E-state index contributed by atoms with van der Waals surface area (Å²) in [5.41, 5.74) is -0.228. The van der Waals surface area contributed by atoms with Crippen molar-refractivity contribution >= 4 is 16.4 Å². The Balaban J connectivity index is 1.33. The molecule has 198 valence electrons. The Bertz CT molecular complexity index is 1220. The molecule has 1 aliphatic heterocycles. The lowest BCUT2D eigenvalue weighted by molar-refractivity contribution is -0.157. The second-order valence-electron chi connectivity index (χ2n) is 12.1. The molecule has 5 fully saturated rings. The minimum atomic E-state index is -4.47. The number of carbonyl (C=O) groups is 1. The van der Waals surface area contributed by atoms with Crippen LogP contribution in [0.4, 0.5) is 0 Å². The number of esters is 1. The van der Waals surface area contributed by atoms with Crippen LogP contribution in [0, 0.1) is 28.6 Å². The van der Waals surface area contributed by atoms with Crippen LogP contribution < -0.4 is 5.63 Å². The monoisotopic (exact) mass is 522 g/mol. The van der Waals surface area contributed by atoms with Gasteiger partial charge in [0.25, 0.3) is 0 Å². The SMILES string of the molecule is CC(=O)OC1C(c2ccc(=O)oc2)C2(C)CCC3C(CCC4CC(OS(=O)(=O)O)CCC43C)C23OC13. The second-order valence-corrected chi connectivity index (χ2v) is 13.2. The zero-order valence-corrected chi connectivity index (χ0v) is 21.7. The van der Waals surface area contributed by atoms with Crippen molar-refractivity contribution in [1.82, 2.24) is 0 Å². The van der Waals surface area contributed by atoms with Gasteiger partial charge < -0.3 is 13.9 Å². The summed E-state index contributed by atoms with van der Waals surface area (Å²) in [6.07, 6.45) is 6.18. The lowest BCUT2D eigenvalue weighted by Gasteiger charge is -2.61. The molecule has 1 saturated heterocycles. The Morgan fingerprint density at radius 2 is 1.89 bits per heavy atom. The van der Waals surface area contributed by atoms with Crippen molar-refractivity contribution < 1.29 is 35.8 Å². The number of hydrogen-bond donors (Lipinski definition) is 1. The van der Waals surface area contributed by atoms with E-state index in [0.29, 0.717) is 30.6 Å². The van der Waals surface area contributed by atoms with Gasteiger partial charge in [-0.3, -0.25) is 9.35 Å². The number of fused-ring (bicyclic) bond motifs is 3. The highest BCUT2D eigenvalue weighted by Gasteiger charge is 2.84. The van der Waals surface area contributed by atoms with Gasteiger partial charge in [-0.1, -0.05) is 13.8 Å². The number of ether oxygens (including phenoxy) is 2. The Hall–Kier alpha value is -1.75. The van der Waals surface area contributed by atoms with Gasteiger partial charge in [0.2, 0.25) is 0 Å². The maximum Gasteiger partial charge on any atom is 0.397 e. The number of hydrogen-bond acceptors (Lipinski definition) is 8. The fourth-order valence-electron chi connectivity index (χ4n) is 9.34. The molecular formula is C26H34O9S. The minimum absolute atomic E-state index is 0.0170. The summed E-state index contributed by atoms with van der Waals surface area (Å²) in [7, 11) is -4.47. The van der Waals surface area contributed by atoms with E-state index in [1.165, 1.54) is 19.3 Å². The highest BCUT2D eigenvalue weighted by Crippen LogP contribution is 2.78. The third kappa shape index (κ3) is 3.40. The first-order valence-electron chi connectivity index (χ1n) is 13.0. The molecule has 5 aliphatic rings. The lowest BCUT2D eigenvalue weighted by Crippen LogP contribution is -2.58. The molecule has 1 N–H and O–H groups in total. The van der Waals surface area contributed by atoms with Gasteiger partial charge in [-0.2, -0.15) is 8.42 Å². The summed E-state index contributed by atoms with van der Waals surface area (Å²) in [4.78, 5) is 23.8. The number of carbonyl (C=O) groups excluding carboxylic acids is 1. The van der Waals surface area contributed by atoms with E-state index in [1.807, 2.05) is 0 Å². The first-order chi connectivity index (χ1) is 16.9. The van der Waals surface area contributed by atoms with Crippen LogP contribution in [0.2, 0.25) is 0 Å². The predicted molar refractivity (Wildman–Crippen MR) is 126 cm³/mol. The van der Waals surface area contributed by atoms with Crippen LogP contribution in [0.1, 0.15) is 77.2 Å². The average Bonchev–Trinajstić information content (AvgIpc) is 3.49. The van der Waals surface area contributed by atoms with Crippen molar-refractivity contribution in [1.29, 1.82) is 0 Å². The molecule has 4 saturated carbocycles. The smallest absolute Gasteiger partial charge is 0.397 e. The van der Waals surface area contributed by atoms with Crippen LogP contribution in [0.15, 0.2) is 27.6 Å². The quantitative estimate of drug-likeness (QED) is 0.357. The normalized spacial score (nSPS) is 47.2. The molecule has 1 aromatic rings. The Kier molecular flexibility index (Phi) is 5.38. The van der Waals surface area contributed by atoms with Gasteiger partial charge in [-0.15, -0.1) is 0 Å². The average molecular weight is 523 g/mol. The molecule has 2 heterocycles. The van der Waals surface area contributed by atoms with Crippen molar-refractivity contribution in [2.45, 2.75) is 95.5 Å².